The molecule has 0 saturated heterocycles. The van der Waals surface area contributed by atoms with Crippen molar-refractivity contribution in [3.05, 3.63) is 212 Å². The Bertz CT molecular complexity index is 3010. The molecule has 0 aliphatic rings. The summed E-state index contributed by atoms with van der Waals surface area (Å²) in [6.07, 6.45) is 0. The second-order valence-electron chi connectivity index (χ2n) is 17.8. The molecule has 7 rings (SSSR count). The highest BCUT2D eigenvalue weighted by Crippen LogP contribution is 2.38. The van der Waals surface area contributed by atoms with E-state index in [0.717, 1.165) is 50.3 Å². The van der Waals surface area contributed by atoms with Crippen LogP contribution in [0.4, 0.5) is 0 Å². The molecule has 0 heterocycles. The summed E-state index contributed by atoms with van der Waals surface area (Å²) in [5.74, 6) is 1.53. The van der Waals surface area contributed by atoms with Gasteiger partial charge in [0.05, 0.1) is 23.8 Å². The first-order valence-electron chi connectivity index (χ1n) is 22.0. The van der Waals surface area contributed by atoms with Crippen molar-refractivity contribution in [2.45, 2.75) is 73.1 Å². The Morgan fingerprint density at radius 2 is 0.716 bits per heavy atom. The van der Waals surface area contributed by atoms with Gasteiger partial charge in [0.1, 0.15) is 34.5 Å². The van der Waals surface area contributed by atoms with E-state index >= 15 is 0 Å². The molecule has 67 heavy (non-hydrogen) atoms. The highest BCUT2D eigenvalue weighted by Gasteiger charge is 2.27. The molecule has 0 aromatic heterocycles. The molecule has 0 radical (unpaired) electrons. The van der Waals surface area contributed by atoms with Gasteiger partial charge in [-0.1, -0.05) is 88.4 Å². The van der Waals surface area contributed by atoms with Gasteiger partial charge in [-0.2, -0.15) is 0 Å². The van der Waals surface area contributed by atoms with E-state index in [9.17, 15) is 19.2 Å². The van der Waals surface area contributed by atoms with Gasteiger partial charge in [-0.3, -0.25) is 4.79 Å². The van der Waals surface area contributed by atoms with Crippen molar-refractivity contribution in [3.8, 4) is 34.5 Å². The van der Waals surface area contributed by atoms with Gasteiger partial charge in [-0.05, 0) is 164 Å². The van der Waals surface area contributed by atoms with Crippen molar-refractivity contribution >= 4 is 23.7 Å². The third kappa shape index (κ3) is 10.5. The van der Waals surface area contributed by atoms with Crippen molar-refractivity contribution in [2.75, 3.05) is 7.11 Å². The molecule has 0 bridgehead atoms. The van der Waals surface area contributed by atoms with Crippen LogP contribution in [0.5, 0.6) is 34.5 Å². The molecule has 0 aliphatic carbocycles. The maximum atomic E-state index is 13.3. The molecule has 0 aliphatic heterocycles. The minimum Gasteiger partial charge on any atom is -0.496 e. The average molecular weight is 895 g/mol. The maximum Gasteiger partial charge on any atom is 0.343 e. The molecule has 0 spiro atoms. The monoisotopic (exact) mass is 894 g/mol. The quantitative estimate of drug-likeness (QED) is 0.0598. The minimum atomic E-state index is -0.540. The second-order valence-corrected chi connectivity index (χ2v) is 17.8. The Morgan fingerprint density at radius 1 is 0.388 bits per heavy atom. The number of hydrogen-bond donors (Lipinski definition) is 0. The number of rotatable bonds is 14. The predicted octanol–water partition coefficient (Wildman–Crippen LogP) is 13.2. The number of Topliss-reactive ketones (excluding diaryl/α,β-unsaturated/α-hetero) is 1. The fraction of sp³-hybridized carbons (Fsp3) is 0.207. The molecule has 0 N–H and O–H groups in total. The average Bonchev–Trinajstić information content (AvgIpc) is 3.31. The molecule has 9 heteroatoms. The molecule has 0 fully saturated rings. The molecule has 0 saturated carbocycles. The van der Waals surface area contributed by atoms with Crippen LogP contribution in [-0.2, 0) is 10.8 Å². The zero-order valence-electron chi connectivity index (χ0n) is 39.5. The zero-order valence-corrected chi connectivity index (χ0v) is 39.5. The van der Waals surface area contributed by atoms with Gasteiger partial charge in [-0.15, -0.1) is 0 Å². The number of methoxy groups -OCH3 is 1. The maximum absolute atomic E-state index is 13.3. The summed E-state index contributed by atoms with van der Waals surface area (Å²) in [5, 5.41) is 0. The van der Waals surface area contributed by atoms with Crippen LogP contribution in [0.2, 0.25) is 0 Å². The van der Waals surface area contributed by atoms with Crippen molar-refractivity contribution in [3.63, 3.8) is 0 Å². The van der Waals surface area contributed by atoms with Gasteiger partial charge < -0.3 is 23.7 Å². The zero-order chi connectivity index (χ0) is 48.2. The number of ether oxygens (including phenoxy) is 5. The third-order valence-corrected chi connectivity index (χ3v) is 12.3. The number of carbonyl (C=O) groups is 4. The lowest BCUT2D eigenvalue weighted by Crippen LogP contribution is -2.20. The number of benzene rings is 7. The first-order chi connectivity index (χ1) is 31.8. The van der Waals surface area contributed by atoms with Crippen LogP contribution in [0.3, 0.4) is 0 Å². The summed E-state index contributed by atoms with van der Waals surface area (Å²) in [6, 6.07) is 43.3. The Balaban J connectivity index is 0.930. The fourth-order valence-corrected chi connectivity index (χ4v) is 7.85. The lowest BCUT2D eigenvalue weighted by atomic mass is 9.77. The lowest BCUT2D eigenvalue weighted by molar-refractivity contribution is 0.0724. The van der Waals surface area contributed by atoms with Crippen LogP contribution in [0, 0.1) is 27.7 Å². The Labute approximate surface area is 392 Å². The lowest BCUT2D eigenvalue weighted by Gasteiger charge is -2.27. The van der Waals surface area contributed by atoms with E-state index < -0.39 is 23.3 Å². The Morgan fingerprint density at radius 3 is 1.04 bits per heavy atom. The molecule has 7 aromatic rings. The minimum absolute atomic E-state index is 0.130. The topological polar surface area (TPSA) is 114 Å². The number of esters is 3. The predicted molar refractivity (Wildman–Crippen MR) is 260 cm³/mol. The van der Waals surface area contributed by atoms with Gasteiger partial charge in [0, 0.05) is 16.4 Å². The second kappa shape index (κ2) is 19.4. The molecule has 0 atom stereocenters. The van der Waals surface area contributed by atoms with Crippen molar-refractivity contribution in [2.24, 2.45) is 0 Å². The number of ketones is 1. The SMILES string of the molecule is COc1ccc(C(C)(C)c2ccc(OC(=O)c3ccc(Oc4ccc(C(=O)Oc5ccc(C(C)(C)c6ccc(OC(=O)c7cccc(C(C)=O)c7)c(C)c6)cc5C)cc4)cc3)c(C)c2)cc1C. The van der Waals surface area contributed by atoms with E-state index in [2.05, 4.69) is 45.9 Å². The van der Waals surface area contributed by atoms with Crippen LogP contribution >= 0.6 is 0 Å². The molecular formula is C58H54O9. The third-order valence-electron chi connectivity index (χ3n) is 12.3. The number of hydrogen-bond acceptors (Lipinski definition) is 9. The van der Waals surface area contributed by atoms with Gasteiger partial charge in [-0.25, -0.2) is 14.4 Å². The molecule has 340 valence electrons. The van der Waals surface area contributed by atoms with Crippen LogP contribution in [0.15, 0.2) is 146 Å². The molecular weight excluding hydrogens is 841 g/mol. The number of aryl methyl sites for hydroxylation is 4. The highest BCUT2D eigenvalue weighted by molar-refractivity contribution is 5.98. The fourth-order valence-electron chi connectivity index (χ4n) is 7.85. The van der Waals surface area contributed by atoms with Crippen LogP contribution in [-0.4, -0.2) is 30.8 Å². The Hall–Kier alpha value is -7.78. The summed E-state index contributed by atoms with van der Waals surface area (Å²) < 4.78 is 28.8. The van der Waals surface area contributed by atoms with Crippen molar-refractivity contribution in [1.82, 2.24) is 0 Å². The largest absolute Gasteiger partial charge is 0.496 e. The molecule has 7 aromatic carbocycles. The van der Waals surface area contributed by atoms with E-state index in [-0.39, 0.29) is 11.2 Å². The standard InChI is InChI=1S/C58H54O9/c1-35-30-44(18-26-50(35)63-10)57(6,7)45-19-27-51(36(2)31-45)65-54(60)40-14-22-48(23-15-40)64-49-24-16-41(17-25-49)55(61)66-52-28-20-46(32-37(52)3)58(8,9)47-21-29-53(38(4)33-47)67-56(62)43-13-11-12-42(34-43)39(5)59/h11-34H,1-10H3. The summed E-state index contributed by atoms with van der Waals surface area (Å²) in [7, 11) is 1.67. The summed E-state index contributed by atoms with van der Waals surface area (Å²) in [5.41, 5.74) is 8.46. The van der Waals surface area contributed by atoms with E-state index in [1.807, 2.05) is 70.2 Å². The normalized spacial score (nSPS) is 11.4. The van der Waals surface area contributed by atoms with Crippen molar-refractivity contribution < 1.29 is 42.9 Å². The molecule has 0 unspecified atom stereocenters. The van der Waals surface area contributed by atoms with Crippen LogP contribution < -0.4 is 23.7 Å². The highest BCUT2D eigenvalue weighted by atomic mass is 16.5. The van der Waals surface area contributed by atoms with Gasteiger partial charge in [0.15, 0.2) is 5.78 Å². The number of carbonyl (C=O) groups excluding carboxylic acids is 4. The first kappa shape index (κ1) is 47.2. The van der Waals surface area contributed by atoms with E-state index in [1.165, 1.54) is 13.0 Å². The summed E-state index contributed by atoms with van der Waals surface area (Å²) >= 11 is 0. The van der Waals surface area contributed by atoms with Gasteiger partial charge in [0.25, 0.3) is 0 Å². The summed E-state index contributed by atoms with van der Waals surface area (Å²) in [6.45, 7) is 17.7. The van der Waals surface area contributed by atoms with Gasteiger partial charge >= 0.3 is 17.9 Å². The van der Waals surface area contributed by atoms with E-state index in [0.29, 0.717) is 51.0 Å². The summed E-state index contributed by atoms with van der Waals surface area (Å²) in [4.78, 5) is 51.1. The van der Waals surface area contributed by atoms with Crippen molar-refractivity contribution in [1.29, 1.82) is 0 Å². The van der Waals surface area contributed by atoms with Crippen LogP contribution in [0.25, 0.3) is 0 Å². The molecule has 0 amide bonds. The van der Waals surface area contributed by atoms with Crippen LogP contribution in [0.1, 0.15) is 121 Å². The Kier molecular flexibility index (Phi) is 13.6. The van der Waals surface area contributed by atoms with E-state index in [4.69, 9.17) is 23.7 Å². The molecule has 9 nitrogen and oxygen atoms in total. The smallest absolute Gasteiger partial charge is 0.343 e. The van der Waals surface area contributed by atoms with Gasteiger partial charge in [0.2, 0.25) is 0 Å². The first-order valence-corrected chi connectivity index (χ1v) is 22.0. The van der Waals surface area contributed by atoms with E-state index in [1.54, 1.807) is 86.0 Å².